The molecule has 1 aromatic rings. The van der Waals surface area contributed by atoms with E-state index in [9.17, 15) is 13.2 Å². The van der Waals surface area contributed by atoms with Crippen molar-refractivity contribution in [2.75, 3.05) is 5.33 Å². The largest absolute Gasteiger partial charge is 0.416 e. The summed E-state index contributed by atoms with van der Waals surface area (Å²) in [5, 5.41) is 0.986. The average molecular weight is 295 g/mol. The topological polar surface area (TPSA) is 0 Å². The van der Waals surface area contributed by atoms with E-state index in [1.807, 2.05) is 0 Å². The molecule has 0 unspecified atom stereocenters. The molecule has 0 saturated heterocycles. The summed E-state index contributed by atoms with van der Waals surface area (Å²) >= 11 is 3.34. The number of aryl methyl sites for hydroxylation is 1. The van der Waals surface area contributed by atoms with Gasteiger partial charge >= 0.3 is 6.18 Å². The van der Waals surface area contributed by atoms with Gasteiger partial charge in [-0.25, -0.2) is 0 Å². The third-order valence-electron chi connectivity index (χ3n) is 2.38. The first-order valence-corrected chi connectivity index (χ1v) is 6.38. The first kappa shape index (κ1) is 13.6. The van der Waals surface area contributed by atoms with E-state index in [1.54, 1.807) is 12.1 Å². The van der Waals surface area contributed by atoms with Gasteiger partial charge < -0.3 is 0 Å². The van der Waals surface area contributed by atoms with E-state index < -0.39 is 11.7 Å². The molecule has 16 heavy (non-hydrogen) atoms. The quantitative estimate of drug-likeness (QED) is 0.540. The highest BCUT2D eigenvalue weighted by molar-refractivity contribution is 9.09. The zero-order chi connectivity index (χ0) is 12.0. The molecule has 1 rings (SSSR count). The molecule has 0 fully saturated rings. The summed E-state index contributed by atoms with van der Waals surface area (Å²) in [5.74, 6) is 0. The molecule has 0 atom stereocenters. The molecule has 0 spiro atoms. The lowest BCUT2D eigenvalue weighted by Crippen LogP contribution is -2.04. The fourth-order valence-electron chi connectivity index (χ4n) is 1.46. The van der Waals surface area contributed by atoms with Crippen molar-refractivity contribution in [2.45, 2.75) is 31.9 Å². The van der Waals surface area contributed by atoms with Crippen molar-refractivity contribution in [1.82, 2.24) is 0 Å². The standard InChI is InChI=1S/C12H14BrF3/c13-9-3-1-2-4-10-5-7-11(8-6-10)12(14,15)16/h5-8H,1-4,9H2. The van der Waals surface area contributed by atoms with Crippen LogP contribution in [0.2, 0.25) is 0 Å². The molecule has 0 aliphatic rings. The van der Waals surface area contributed by atoms with E-state index in [2.05, 4.69) is 15.9 Å². The van der Waals surface area contributed by atoms with Gasteiger partial charge in [-0.05, 0) is 37.0 Å². The second kappa shape index (κ2) is 6.28. The van der Waals surface area contributed by atoms with Crippen LogP contribution in [-0.2, 0) is 12.6 Å². The molecule has 0 aromatic heterocycles. The van der Waals surface area contributed by atoms with Gasteiger partial charge in [0.1, 0.15) is 0 Å². The number of halogens is 4. The molecule has 0 amide bonds. The Labute approximate surface area is 102 Å². The monoisotopic (exact) mass is 294 g/mol. The number of benzene rings is 1. The summed E-state index contributed by atoms with van der Waals surface area (Å²) in [6.45, 7) is 0. The summed E-state index contributed by atoms with van der Waals surface area (Å²) < 4.78 is 36.8. The average Bonchev–Trinajstić information content (AvgIpc) is 2.24. The van der Waals surface area contributed by atoms with Crippen LogP contribution in [0.3, 0.4) is 0 Å². The van der Waals surface area contributed by atoms with Crippen LogP contribution in [0.4, 0.5) is 13.2 Å². The van der Waals surface area contributed by atoms with Gasteiger partial charge in [0.2, 0.25) is 0 Å². The van der Waals surface area contributed by atoms with Crippen molar-refractivity contribution in [3.63, 3.8) is 0 Å². The van der Waals surface area contributed by atoms with Crippen LogP contribution in [-0.4, -0.2) is 5.33 Å². The summed E-state index contributed by atoms with van der Waals surface area (Å²) in [6, 6.07) is 5.44. The number of unbranched alkanes of at least 4 members (excludes halogenated alkanes) is 2. The van der Waals surface area contributed by atoms with Gasteiger partial charge in [-0.1, -0.05) is 34.5 Å². The van der Waals surface area contributed by atoms with Crippen LogP contribution >= 0.6 is 15.9 Å². The first-order valence-electron chi connectivity index (χ1n) is 5.26. The Balaban J connectivity index is 2.46. The molecule has 0 aliphatic heterocycles. The van der Waals surface area contributed by atoms with Crippen molar-refractivity contribution in [2.24, 2.45) is 0 Å². The number of alkyl halides is 4. The van der Waals surface area contributed by atoms with Crippen LogP contribution in [0.5, 0.6) is 0 Å². The van der Waals surface area contributed by atoms with Crippen LogP contribution in [0.25, 0.3) is 0 Å². The Morgan fingerprint density at radius 3 is 2.06 bits per heavy atom. The Kier molecular flexibility index (Phi) is 5.32. The fourth-order valence-corrected chi connectivity index (χ4v) is 1.86. The maximum atomic E-state index is 12.3. The first-order chi connectivity index (χ1) is 7.54. The summed E-state index contributed by atoms with van der Waals surface area (Å²) in [7, 11) is 0. The minimum Gasteiger partial charge on any atom is -0.166 e. The van der Waals surface area contributed by atoms with Crippen molar-refractivity contribution < 1.29 is 13.2 Å². The number of hydrogen-bond acceptors (Lipinski definition) is 0. The molecule has 0 nitrogen and oxygen atoms in total. The maximum absolute atomic E-state index is 12.3. The molecule has 0 N–H and O–H groups in total. The van der Waals surface area contributed by atoms with Crippen molar-refractivity contribution in [3.8, 4) is 0 Å². The molecule has 90 valence electrons. The summed E-state index contributed by atoms with van der Waals surface area (Å²) in [6.07, 6.45) is -0.135. The minimum absolute atomic E-state index is 0.572. The molecule has 0 radical (unpaired) electrons. The Bertz CT molecular complexity index is 303. The zero-order valence-electron chi connectivity index (χ0n) is 8.86. The van der Waals surface area contributed by atoms with Crippen molar-refractivity contribution in [1.29, 1.82) is 0 Å². The normalized spacial score (nSPS) is 11.8. The van der Waals surface area contributed by atoms with E-state index in [0.29, 0.717) is 0 Å². The Morgan fingerprint density at radius 1 is 0.938 bits per heavy atom. The molecule has 0 aliphatic carbocycles. The second-order valence-electron chi connectivity index (χ2n) is 3.69. The minimum atomic E-state index is -4.23. The van der Waals surface area contributed by atoms with Gasteiger partial charge in [0, 0.05) is 5.33 Å². The van der Waals surface area contributed by atoms with Gasteiger partial charge in [-0.3, -0.25) is 0 Å². The highest BCUT2D eigenvalue weighted by Gasteiger charge is 2.29. The lowest BCUT2D eigenvalue weighted by Gasteiger charge is -2.07. The summed E-state index contributed by atoms with van der Waals surface area (Å²) in [5.41, 5.74) is 0.402. The molecular weight excluding hydrogens is 281 g/mol. The number of hydrogen-bond donors (Lipinski definition) is 0. The lowest BCUT2D eigenvalue weighted by atomic mass is 10.1. The highest BCUT2D eigenvalue weighted by Crippen LogP contribution is 2.29. The van der Waals surface area contributed by atoms with Crippen LogP contribution in [0.1, 0.15) is 30.4 Å². The zero-order valence-corrected chi connectivity index (χ0v) is 10.4. The molecule has 4 heteroatoms. The van der Waals surface area contributed by atoms with Crippen molar-refractivity contribution in [3.05, 3.63) is 35.4 Å². The van der Waals surface area contributed by atoms with E-state index in [-0.39, 0.29) is 0 Å². The van der Waals surface area contributed by atoms with Crippen LogP contribution < -0.4 is 0 Å². The van der Waals surface area contributed by atoms with Gasteiger partial charge in [0.15, 0.2) is 0 Å². The van der Waals surface area contributed by atoms with Crippen LogP contribution in [0, 0.1) is 0 Å². The van der Waals surface area contributed by atoms with Gasteiger partial charge in [0.05, 0.1) is 5.56 Å². The molecule has 0 heterocycles. The van der Waals surface area contributed by atoms with E-state index in [4.69, 9.17) is 0 Å². The molecule has 0 saturated carbocycles. The molecule has 0 bridgehead atoms. The predicted octanol–water partition coefficient (Wildman–Crippen LogP) is 4.81. The lowest BCUT2D eigenvalue weighted by molar-refractivity contribution is -0.137. The maximum Gasteiger partial charge on any atom is 0.416 e. The predicted molar refractivity (Wildman–Crippen MR) is 62.8 cm³/mol. The Morgan fingerprint density at radius 2 is 1.56 bits per heavy atom. The molecular formula is C12H14BrF3. The van der Waals surface area contributed by atoms with E-state index >= 15 is 0 Å². The highest BCUT2D eigenvalue weighted by atomic mass is 79.9. The van der Waals surface area contributed by atoms with Crippen LogP contribution in [0.15, 0.2) is 24.3 Å². The van der Waals surface area contributed by atoms with Gasteiger partial charge in [-0.2, -0.15) is 13.2 Å². The van der Waals surface area contributed by atoms with Gasteiger partial charge in [-0.15, -0.1) is 0 Å². The van der Waals surface area contributed by atoms with Gasteiger partial charge in [0.25, 0.3) is 0 Å². The van der Waals surface area contributed by atoms with E-state index in [1.165, 1.54) is 0 Å². The van der Waals surface area contributed by atoms with Crippen molar-refractivity contribution >= 4 is 15.9 Å². The SMILES string of the molecule is FC(F)(F)c1ccc(CCCCCBr)cc1. The second-order valence-corrected chi connectivity index (χ2v) is 4.49. The third-order valence-corrected chi connectivity index (χ3v) is 2.94. The number of rotatable bonds is 5. The fraction of sp³-hybridized carbons (Fsp3) is 0.500. The smallest absolute Gasteiger partial charge is 0.166 e. The summed E-state index contributed by atoms with van der Waals surface area (Å²) in [4.78, 5) is 0. The van der Waals surface area contributed by atoms with E-state index in [0.717, 1.165) is 48.7 Å². The third kappa shape index (κ3) is 4.56. The Hall–Kier alpha value is -0.510. The molecule has 1 aromatic carbocycles.